The fraction of sp³-hybridized carbons (Fsp3) is 0.387. The Morgan fingerprint density at radius 1 is 0.974 bits per heavy atom. The summed E-state index contributed by atoms with van der Waals surface area (Å²) in [5.74, 6) is 0.450. The van der Waals surface area contributed by atoms with E-state index in [1.54, 1.807) is 12.1 Å². The van der Waals surface area contributed by atoms with Gasteiger partial charge >= 0.3 is 5.97 Å². The number of ether oxygens (including phenoxy) is 2. The van der Waals surface area contributed by atoms with E-state index in [4.69, 9.17) is 14.6 Å². The summed E-state index contributed by atoms with van der Waals surface area (Å²) in [5, 5.41) is 12.6. The molecule has 0 atom stereocenters. The van der Waals surface area contributed by atoms with Gasteiger partial charge in [0.2, 0.25) is 0 Å². The zero-order valence-corrected chi connectivity index (χ0v) is 22.2. The van der Waals surface area contributed by atoms with Crippen LogP contribution in [0.5, 0.6) is 11.5 Å². The standard InChI is InChI=1S/C31H37FN2O4/c1-3-37-28-19-23(20-29(38-4-2)31(28)24-9-11-25(32)12-10-24)21-34-16-14-26(15-17-34)33-27-7-5-6-22(18-27)8-13-30(35)36/h5-7,9-12,18-20,26,33H,3-4,8,13-17,21H2,1-2H3,(H,35,36). The molecule has 7 heteroatoms. The highest BCUT2D eigenvalue weighted by Gasteiger charge is 2.21. The van der Waals surface area contributed by atoms with E-state index >= 15 is 0 Å². The van der Waals surface area contributed by atoms with Crippen LogP contribution >= 0.6 is 0 Å². The van der Waals surface area contributed by atoms with Crippen LogP contribution in [0.4, 0.5) is 10.1 Å². The topological polar surface area (TPSA) is 71.0 Å². The summed E-state index contributed by atoms with van der Waals surface area (Å²) in [5.41, 5.74) is 4.93. The normalized spacial score (nSPS) is 14.3. The van der Waals surface area contributed by atoms with Crippen molar-refractivity contribution in [2.45, 2.75) is 52.1 Å². The Morgan fingerprint density at radius 3 is 2.24 bits per heavy atom. The average Bonchev–Trinajstić information content (AvgIpc) is 2.90. The van der Waals surface area contributed by atoms with E-state index in [2.05, 4.69) is 28.4 Å². The van der Waals surface area contributed by atoms with E-state index < -0.39 is 5.97 Å². The molecule has 1 fully saturated rings. The third-order valence-corrected chi connectivity index (χ3v) is 6.78. The van der Waals surface area contributed by atoms with Crippen molar-refractivity contribution in [3.8, 4) is 22.6 Å². The van der Waals surface area contributed by atoms with Crippen molar-refractivity contribution in [2.75, 3.05) is 31.6 Å². The summed E-state index contributed by atoms with van der Waals surface area (Å²) in [6.45, 7) is 7.69. The SMILES string of the molecule is CCOc1cc(CN2CCC(Nc3cccc(CCC(=O)O)c3)CC2)cc(OCC)c1-c1ccc(F)cc1. The predicted octanol–water partition coefficient (Wildman–Crippen LogP) is 6.38. The molecule has 0 amide bonds. The molecule has 202 valence electrons. The molecular formula is C31H37FN2O4. The lowest BCUT2D eigenvalue weighted by atomic mass is 9.99. The van der Waals surface area contributed by atoms with Gasteiger partial charge in [-0.15, -0.1) is 0 Å². The summed E-state index contributed by atoms with van der Waals surface area (Å²) >= 11 is 0. The van der Waals surface area contributed by atoms with Gasteiger partial charge in [0.1, 0.15) is 17.3 Å². The maximum atomic E-state index is 13.6. The van der Waals surface area contributed by atoms with Crippen molar-refractivity contribution in [1.82, 2.24) is 4.90 Å². The first-order valence-corrected chi connectivity index (χ1v) is 13.4. The molecule has 0 aliphatic carbocycles. The minimum atomic E-state index is -0.775. The lowest BCUT2D eigenvalue weighted by Gasteiger charge is -2.33. The molecule has 0 saturated carbocycles. The average molecular weight is 521 g/mol. The van der Waals surface area contributed by atoms with Gasteiger partial charge in [0.05, 0.1) is 18.8 Å². The van der Waals surface area contributed by atoms with Gasteiger partial charge in [-0.05, 0) is 86.2 Å². The van der Waals surface area contributed by atoms with Crippen molar-refractivity contribution in [3.05, 3.63) is 77.6 Å². The third kappa shape index (κ3) is 7.48. The number of aryl methyl sites for hydroxylation is 1. The van der Waals surface area contributed by atoms with E-state index in [-0.39, 0.29) is 12.2 Å². The van der Waals surface area contributed by atoms with Gasteiger partial charge < -0.3 is 19.9 Å². The maximum absolute atomic E-state index is 13.6. The number of piperidine rings is 1. The van der Waals surface area contributed by atoms with Crippen LogP contribution in [0.15, 0.2) is 60.7 Å². The van der Waals surface area contributed by atoms with Crippen LogP contribution in [0, 0.1) is 5.82 Å². The zero-order valence-electron chi connectivity index (χ0n) is 22.2. The van der Waals surface area contributed by atoms with Crippen molar-refractivity contribution >= 4 is 11.7 Å². The molecule has 4 rings (SSSR count). The minimum absolute atomic E-state index is 0.142. The quantitative estimate of drug-likeness (QED) is 0.289. The number of hydrogen-bond acceptors (Lipinski definition) is 5. The molecular weight excluding hydrogens is 483 g/mol. The van der Waals surface area contributed by atoms with Gasteiger partial charge in [0.15, 0.2) is 0 Å². The number of anilines is 1. The van der Waals surface area contributed by atoms with Crippen LogP contribution in [-0.4, -0.2) is 48.3 Å². The molecule has 1 saturated heterocycles. The number of nitrogens with one attached hydrogen (secondary N) is 1. The Labute approximate surface area is 224 Å². The smallest absolute Gasteiger partial charge is 0.303 e. The van der Waals surface area contributed by atoms with Gasteiger partial charge in [0, 0.05) is 37.8 Å². The third-order valence-electron chi connectivity index (χ3n) is 6.78. The van der Waals surface area contributed by atoms with Crippen LogP contribution in [0.3, 0.4) is 0 Å². The fourth-order valence-corrected chi connectivity index (χ4v) is 4.97. The zero-order chi connectivity index (χ0) is 26.9. The second-order valence-electron chi connectivity index (χ2n) is 9.63. The second kappa shape index (κ2) is 13.3. The molecule has 1 aliphatic rings. The Hall–Kier alpha value is -3.58. The summed E-state index contributed by atoms with van der Waals surface area (Å²) in [6, 6.07) is 19.0. The van der Waals surface area contributed by atoms with Crippen LogP contribution in [-0.2, 0) is 17.8 Å². The van der Waals surface area contributed by atoms with Crippen LogP contribution in [0.1, 0.15) is 44.2 Å². The number of rotatable bonds is 12. The molecule has 0 aromatic heterocycles. The Morgan fingerprint density at radius 2 is 1.63 bits per heavy atom. The lowest BCUT2D eigenvalue weighted by Crippen LogP contribution is -2.38. The number of halogens is 1. The molecule has 6 nitrogen and oxygen atoms in total. The first-order chi connectivity index (χ1) is 18.4. The number of carboxylic acid groups (broad SMARTS) is 1. The fourth-order valence-electron chi connectivity index (χ4n) is 4.97. The monoisotopic (exact) mass is 520 g/mol. The maximum Gasteiger partial charge on any atom is 0.303 e. The van der Waals surface area contributed by atoms with Crippen molar-refractivity contribution in [3.63, 3.8) is 0 Å². The number of carbonyl (C=O) groups is 1. The Bertz CT molecular complexity index is 1180. The molecule has 2 N–H and O–H groups in total. The largest absolute Gasteiger partial charge is 0.493 e. The summed E-state index contributed by atoms with van der Waals surface area (Å²) in [7, 11) is 0. The van der Waals surface area contributed by atoms with Gasteiger partial charge in [-0.3, -0.25) is 9.69 Å². The lowest BCUT2D eigenvalue weighted by molar-refractivity contribution is -0.136. The van der Waals surface area contributed by atoms with Crippen LogP contribution in [0.25, 0.3) is 11.1 Å². The number of aliphatic carboxylic acids is 1. The van der Waals surface area contributed by atoms with E-state index in [0.717, 1.165) is 71.9 Å². The van der Waals surface area contributed by atoms with E-state index in [0.29, 0.717) is 25.7 Å². The second-order valence-corrected chi connectivity index (χ2v) is 9.63. The molecule has 3 aromatic carbocycles. The molecule has 0 bridgehead atoms. The van der Waals surface area contributed by atoms with Gasteiger partial charge in [-0.1, -0.05) is 24.3 Å². The number of hydrogen-bond donors (Lipinski definition) is 2. The summed E-state index contributed by atoms with van der Waals surface area (Å²) in [4.78, 5) is 13.3. The highest BCUT2D eigenvalue weighted by molar-refractivity contribution is 5.77. The number of likely N-dealkylation sites (tertiary alicyclic amines) is 1. The summed E-state index contributed by atoms with van der Waals surface area (Å²) < 4.78 is 25.6. The molecule has 1 aliphatic heterocycles. The molecule has 0 unspecified atom stereocenters. The van der Waals surface area contributed by atoms with Gasteiger partial charge in [-0.25, -0.2) is 4.39 Å². The van der Waals surface area contributed by atoms with E-state index in [1.165, 1.54) is 12.1 Å². The molecule has 3 aromatic rings. The van der Waals surface area contributed by atoms with Gasteiger partial charge in [-0.2, -0.15) is 0 Å². The number of nitrogens with zero attached hydrogens (tertiary/aromatic N) is 1. The minimum Gasteiger partial charge on any atom is -0.493 e. The molecule has 0 radical (unpaired) electrons. The highest BCUT2D eigenvalue weighted by Crippen LogP contribution is 2.40. The molecule has 38 heavy (non-hydrogen) atoms. The van der Waals surface area contributed by atoms with Crippen molar-refractivity contribution in [1.29, 1.82) is 0 Å². The number of carboxylic acids is 1. The summed E-state index contributed by atoms with van der Waals surface area (Å²) in [6.07, 6.45) is 2.72. The van der Waals surface area contributed by atoms with Crippen molar-refractivity contribution in [2.24, 2.45) is 0 Å². The van der Waals surface area contributed by atoms with Crippen LogP contribution < -0.4 is 14.8 Å². The van der Waals surface area contributed by atoms with Gasteiger partial charge in [0.25, 0.3) is 0 Å². The highest BCUT2D eigenvalue weighted by atomic mass is 19.1. The first-order valence-electron chi connectivity index (χ1n) is 13.4. The Balaban J connectivity index is 1.41. The molecule has 1 heterocycles. The number of benzene rings is 3. The van der Waals surface area contributed by atoms with Crippen molar-refractivity contribution < 1.29 is 23.8 Å². The van der Waals surface area contributed by atoms with E-state index in [1.807, 2.05) is 32.0 Å². The van der Waals surface area contributed by atoms with E-state index in [9.17, 15) is 9.18 Å². The van der Waals surface area contributed by atoms with Crippen LogP contribution in [0.2, 0.25) is 0 Å². The Kier molecular flexibility index (Phi) is 9.60. The predicted molar refractivity (Wildman–Crippen MR) is 148 cm³/mol. The first kappa shape index (κ1) is 27.5. The molecule has 0 spiro atoms.